The zero-order valence-electron chi connectivity index (χ0n) is 8.10. The van der Waals surface area contributed by atoms with Crippen molar-refractivity contribution in [2.45, 2.75) is 26.1 Å². The van der Waals surface area contributed by atoms with E-state index in [0.717, 1.165) is 11.1 Å². The molecular weight excluding hydrogens is 180 g/mol. The van der Waals surface area contributed by atoms with Crippen LogP contribution >= 0.6 is 0 Å². The molecule has 2 unspecified atom stereocenters. The van der Waals surface area contributed by atoms with Crippen LogP contribution in [0, 0.1) is 25.2 Å². The molecule has 0 saturated heterocycles. The van der Waals surface area contributed by atoms with E-state index < -0.39 is 12.2 Å². The minimum atomic E-state index is -1.43. The summed E-state index contributed by atoms with van der Waals surface area (Å²) in [5, 5.41) is 27.1. The Labute approximate surface area is 82.5 Å². The number of nitrogens with zero attached hydrogens (tertiary/aromatic N) is 2. The molecule has 74 valence electrons. The van der Waals surface area contributed by atoms with Gasteiger partial charge in [0.15, 0.2) is 6.10 Å². The zero-order chi connectivity index (χ0) is 10.7. The van der Waals surface area contributed by atoms with Gasteiger partial charge >= 0.3 is 0 Å². The number of aromatic nitrogens is 1. The fourth-order valence-electron chi connectivity index (χ4n) is 1.26. The fourth-order valence-corrected chi connectivity index (χ4v) is 1.26. The number of nitriles is 1. The van der Waals surface area contributed by atoms with Gasteiger partial charge in [0.25, 0.3) is 0 Å². The molecule has 0 aliphatic rings. The van der Waals surface area contributed by atoms with Crippen molar-refractivity contribution in [2.75, 3.05) is 0 Å². The van der Waals surface area contributed by atoms with E-state index >= 15 is 0 Å². The van der Waals surface area contributed by atoms with Gasteiger partial charge in [-0.3, -0.25) is 4.98 Å². The van der Waals surface area contributed by atoms with E-state index in [-0.39, 0.29) is 0 Å². The van der Waals surface area contributed by atoms with Crippen LogP contribution in [0.15, 0.2) is 12.3 Å². The molecule has 14 heavy (non-hydrogen) atoms. The molecule has 2 N–H and O–H groups in total. The van der Waals surface area contributed by atoms with Crippen LogP contribution in [0.2, 0.25) is 0 Å². The van der Waals surface area contributed by atoms with E-state index in [4.69, 9.17) is 10.4 Å². The Hall–Kier alpha value is -1.44. The Morgan fingerprint density at radius 2 is 2.07 bits per heavy atom. The summed E-state index contributed by atoms with van der Waals surface area (Å²) in [6.45, 7) is 3.67. The molecule has 4 nitrogen and oxygen atoms in total. The van der Waals surface area contributed by atoms with Crippen molar-refractivity contribution in [3.8, 4) is 6.07 Å². The molecular formula is C10H12N2O2. The Balaban J connectivity index is 3.03. The van der Waals surface area contributed by atoms with Crippen LogP contribution in [0.3, 0.4) is 0 Å². The molecule has 1 heterocycles. The number of aliphatic hydroxyl groups is 2. The van der Waals surface area contributed by atoms with Gasteiger partial charge in [-0.25, -0.2) is 0 Å². The molecule has 0 bridgehead atoms. The number of rotatable bonds is 2. The van der Waals surface area contributed by atoms with Crippen LogP contribution < -0.4 is 0 Å². The second kappa shape index (κ2) is 4.18. The van der Waals surface area contributed by atoms with Gasteiger partial charge in [0.1, 0.15) is 6.10 Å². The molecule has 0 amide bonds. The summed E-state index contributed by atoms with van der Waals surface area (Å²) < 4.78 is 0. The molecule has 0 spiro atoms. The van der Waals surface area contributed by atoms with E-state index in [9.17, 15) is 5.11 Å². The van der Waals surface area contributed by atoms with E-state index in [1.807, 2.05) is 13.0 Å². The molecule has 2 atom stereocenters. The highest BCUT2D eigenvalue weighted by Gasteiger charge is 2.20. The normalized spacial score (nSPS) is 14.5. The molecule has 4 heteroatoms. The van der Waals surface area contributed by atoms with Crippen molar-refractivity contribution in [1.29, 1.82) is 5.26 Å². The van der Waals surface area contributed by atoms with Crippen molar-refractivity contribution in [3.05, 3.63) is 29.1 Å². The predicted octanol–water partition coefficient (Wildman–Crippen LogP) is 0.616. The maximum atomic E-state index is 9.53. The number of aryl methyl sites for hydroxylation is 2. The number of pyridine rings is 1. The monoisotopic (exact) mass is 192 g/mol. The summed E-state index contributed by atoms with van der Waals surface area (Å²) >= 11 is 0. The Kier molecular flexibility index (Phi) is 3.18. The van der Waals surface area contributed by atoms with Crippen LogP contribution in [0.1, 0.15) is 22.9 Å². The third kappa shape index (κ3) is 2.08. The van der Waals surface area contributed by atoms with Crippen molar-refractivity contribution in [1.82, 2.24) is 4.98 Å². The van der Waals surface area contributed by atoms with Crippen molar-refractivity contribution < 1.29 is 10.2 Å². The molecule has 0 aliphatic heterocycles. The van der Waals surface area contributed by atoms with Crippen molar-refractivity contribution in [3.63, 3.8) is 0 Å². The lowest BCUT2D eigenvalue weighted by atomic mass is 10.1. The van der Waals surface area contributed by atoms with Crippen LogP contribution in [-0.2, 0) is 0 Å². The van der Waals surface area contributed by atoms with Crippen LogP contribution in [-0.4, -0.2) is 21.3 Å². The van der Waals surface area contributed by atoms with Gasteiger partial charge in [0.05, 0.1) is 11.8 Å². The van der Waals surface area contributed by atoms with Crippen LogP contribution in [0.25, 0.3) is 0 Å². The summed E-state index contributed by atoms with van der Waals surface area (Å²) in [6.07, 6.45) is -1.07. The third-order valence-electron chi connectivity index (χ3n) is 1.97. The molecule has 0 aliphatic carbocycles. The Morgan fingerprint density at radius 1 is 1.43 bits per heavy atom. The van der Waals surface area contributed by atoms with E-state index in [1.54, 1.807) is 19.2 Å². The largest absolute Gasteiger partial charge is 0.383 e. The van der Waals surface area contributed by atoms with Gasteiger partial charge in [0, 0.05) is 6.20 Å². The highest BCUT2D eigenvalue weighted by Crippen LogP contribution is 2.18. The van der Waals surface area contributed by atoms with Crippen LogP contribution in [0.5, 0.6) is 0 Å². The minimum Gasteiger partial charge on any atom is -0.383 e. The second-order valence-electron chi connectivity index (χ2n) is 3.23. The lowest BCUT2D eigenvalue weighted by Crippen LogP contribution is -2.18. The third-order valence-corrected chi connectivity index (χ3v) is 1.97. The molecule has 0 saturated carbocycles. The van der Waals surface area contributed by atoms with Gasteiger partial charge < -0.3 is 10.2 Å². The van der Waals surface area contributed by atoms with Crippen LogP contribution in [0.4, 0.5) is 0 Å². The van der Waals surface area contributed by atoms with Crippen molar-refractivity contribution >= 4 is 0 Å². The lowest BCUT2D eigenvalue weighted by molar-refractivity contribution is 0.0494. The summed E-state index contributed by atoms with van der Waals surface area (Å²) in [5.74, 6) is 0. The maximum Gasteiger partial charge on any atom is 0.171 e. The summed E-state index contributed by atoms with van der Waals surface area (Å²) in [6, 6.07) is 3.41. The molecule has 1 rings (SSSR count). The van der Waals surface area contributed by atoms with Gasteiger partial charge in [-0.1, -0.05) is 6.07 Å². The molecule has 1 aromatic heterocycles. The van der Waals surface area contributed by atoms with Gasteiger partial charge in [-0.2, -0.15) is 5.26 Å². The quantitative estimate of drug-likeness (QED) is 0.673. The first-order valence-corrected chi connectivity index (χ1v) is 4.25. The Bertz CT molecular complexity index is 371. The highest BCUT2D eigenvalue weighted by molar-refractivity contribution is 5.26. The Morgan fingerprint density at radius 3 is 2.57 bits per heavy atom. The topological polar surface area (TPSA) is 77.1 Å². The lowest BCUT2D eigenvalue weighted by Gasteiger charge is -2.13. The van der Waals surface area contributed by atoms with Gasteiger partial charge in [0.2, 0.25) is 0 Å². The predicted molar refractivity (Wildman–Crippen MR) is 50.3 cm³/mol. The number of hydrogen-bond acceptors (Lipinski definition) is 4. The molecule has 0 radical (unpaired) electrons. The first-order valence-electron chi connectivity index (χ1n) is 4.25. The number of aliphatic hydroxyl groups excluding tert-OH is 2. The summed E-state index contributed by atoms with van der Waals surface area (Å²) in [7, 11) is 0. The van der Waals surface area contributed by atoms with Crippen molar-refractivity contribution in [2.24, 2.45) is 0 Å². The minimum absolute atomic E-state index is 0.352. The smallest absolute Gasteiger partial charge is 0.171 e. The van der Waals surface area contributed by atoms with E-state index in [2.05, 4.69) is 4.98 Å². The first-order chi connectivity index (χ1) is 6.56. The van der Waals surface area contributed by atoms with E-state index in [0.29, 0.717) is 5.69 Å². The summed E-state index contributed by atoms with van der Waals surface area (Å²) in [4.78, 5) is 3.99. The standard InChI is InChI=1S/C10H12N2O2/c1-6-3-7(2)9(12-5-6)10(14)8(13)4-11/h3,5,8,10,13-14H,1-2H3. The molecule has 0 aromatic carbocycles. The van der Waals surface area contributed by atoms with Gasteiger partial charge in [-0.15, -0.1) is 0 Å². The fraction of sp³-hybridized carbons (Fsp3) is 0.400. The summed E-state index contributed by atoms with van der Waals surface area (Å²) in [5.41, 5.74) is 2.10. The number of hydrogen-bond donors (Lipinski definition) is 2. The molecule has 0 fully saturated rings. The average molecular weight is 192 g/mol. The second-order valence-corrected chi connectivity index (χ2v) is 3.23. The average Bonchev–Trinajstić information content (AvgIpc) is 2.15. The molecule has 1 aromatic rings. The SMILES string of the molecule is Cc1cnc(C(O)C(O)C#N)c(C)c1. The highest BCUT2D eigenvalue weighted by atomic mass is 16.3. The van der Waals surface area contributed by atoms with Gasteiger partial charge in [-0.05, 0) is 25.0 Å². The first kappa shape index (κ1) is 10.6. The zero-order valence-corrected chi connectivity index (χ0v) is 8.10. The maximum absolute atomic E-state index is 9.53. The van der Waals surface area contributed by atoms with E-state index in [1.165, 1.54) is 0 Å².